The van der Waals surface area contributed by atoms with Crippen molar-refractivity contribution in [1.29, 1.82) is 0 Å². The fourth-order valence-electron chi connectivity index (χ4n) is 1.28. The van der Waals surface area contributed by atoms with Crippen LogP contribution < -0.4 is 16.6 Å². The van der Waals surface area contributed by atoms with Gasteiger partial charge in [-0.05, 0) is 26.0 Å². The number of hydrazine groups is 1. The van der Waals surface area contributed by atoms with E-state index in [0.717, 1.165) is 0 Å². The number of hydrogen-bond acceptors (Lipinski definition) is 5. The SMILES string of the molecule is CCOCC(C)NC(=O)c1cccc(NN)n1. The van der Waals surface area contributed by atoms with Crippen molar-refractivity contribution in [3.63, 3.8) is 0 Å². The van der Waals surface area contributed by atoms with Gasteiger partial charge in [0.2, 0.25) is 0 Å². The Morgan fingerprint density at radius 2 is 2.35 bits per heavy atom. The molecule has 0 aromatic carbocycles. The highest BCUT2D eigenvalue weighted by Gasteiger charge is 2.11. The molecule has 0 aliphatic heterocycles. The highest BCUT2D eigenvalue weighted by molar-refractivity contribution is 5.92. The lowest BCUT2D eigenvalue weighted by atomic mass is 10.3. The minimum Gasteiger partial charge on any atom is -0.380 e. The highest BCUT2D eigenvalue weighted by atomic mass is 16.5. The maximum absolute atomic E-state index is 11.8. The Hall–Kier alpha value is -1.66. The van der Waals surface area contributed by atoms with Gasteiger partial charge in [0.25, 0.3) is 5.91 Å². The Kier molecular flexibility index (Phi) is 5.38. The molecule has 1 unspecified atom stereocenters. The van der Waals surface area contributed by atoms with Crippen molar-refractivity contribution < 1.29 is 9.53 Å². The van der Waals surface area contributed by atoms with Crippen molar-refractivity contribution in [2.24, 2.45) is 5.84 Å². The van der Waals surface area contributed by atoms with Gasteiger partial charge in [0, 0.05) is 12.6 Å². The third kappa shape index (κ3) is 4.38. The molecule has 1 atom stereocenters. The van der Waals surface area contributed by atoms with Gasteiger partial charge in [0.05, 0.1) is 6.61 Å². The van der Waals surface area contributed by atoms with E-state index >= 15 is 0 Å². The Morgan fingerprint density at radius 3 is 3.00 bits per heavy atom. The number of nitrogens with zero attached hydrogens (tertiary/aromatic N) is 1. The van der Waals surface area contributed by atoms with Gasteiger partial charge >= 0.3 is 0 Å². The quantitative estimate of drug-likeness (QED) is 0.496. The normalized spacial score (nSPS) is 11.9. The summed E-state index contributed by atoms with van der Waals surface area (Å²) in [5.41, 5.74) is 2.72. The maximum Gasteiger partial charge on any atom is 0.270 e. The minimum atomic E-state index is -0.241. The second-order valence-electron chi connectivity index (χ2n) is 3.59. The summed E-state index contributed by atoms with van der Waals surface area (Å²) in [6.07, 6.45) is 0. The van der Waals surface area contributed by atoms with E-state index in [0.29, 0.717) is 24.7 Å². The van der Waals surface area contributed by atoms with E-state index in [1.54, 1.807) is 18.2 Å². The number of rotatable bonds is 6. The zero-order valence-corrected chi connectivity index (χ0v) is 10.1. The van der Waals surface area contributed by atoms with Crippen LogP contribution in [0, 0.1) is 0 Å². The van der Waals surface area contributed by atoms with Crippen molar-refractivity contribution in [3.05, 3.63) is 23.9 Å². The first kappa shape index (κ1) is 13.4. The summed E-state index contributed by atoms with van der Waals surface area (Å²) in [4.78, 5) is 15.8. The molecule has 4 N–H and O–H groups in total. The fourth-order valence-corrected chi connectivity index (χ4v) is 1.28. The molecule has 1 heterocycles. The Labute approximate surface area is 101 Å². The molecule has 0 aliphatic rings. The topological polar surface area (TPSA) is 89.3 Å². The van der Waals surface area contributed by atoms with Crippen LogP contribution in [0.15, 0.2) is 18.2 Å². The molecule has 1 amide bonds. The largest absolute Gasteiger partial charge is 0.380 e. The van der Waals surface area contributed by atoms with Gasteiger partial charge in [-0.1, -0.05) is 6.07 Å². The maximum atomic E-state index is 11.8. The van der Waals surface area contributed by atoms with E-state index < -0.39 is 0 Å². The molecular weight excluding hydrogens is 220 g/mol. The number of carbonyl (C=O) groups is 1. The molecule has 0 fully saturated rings. The molecule has 17 heavy (non-hydrogen) atoms. The summed E-state index contributed by atoms with van der Waals surface area (Å²) in [7, 11) is 0. The van der Waals surface area contributed by atoms with Crippen molar-refractivity contribution in [2.75, 3.05) is 18.6 Å². The number of amides is 1. The van der Waals surface area contributed by atoms with Crippen LogP contribution in [0.5, 0.6) is 0 Å². The summed E-state index contributed by atoms with van der Waals surface area (Å²) in [5.74, 6) is 5.43. The second kappa shape index (κ2) is 6.82. The van der Waals surface area contributed by atoms with Gasteiger partial charge in [0.1, 0.15) is 11.5 Å². The molecule has 1 aromatic rings. The van der Waals surface area contributed by atoms with Crippen LogP contribution in [0.1, 0.15) is 24.3 Å². The van der Waals surface area contributed by atoms with Crippen molar-refractivity contribution >= 4 is 11.7 Å². The van der Waals surface area contributed by atoms with Crippen LogP contribution in [-0.4, -0.2) is 30.1 Å². The van der Waals surface area contributed by atoms with E-state index in [1.165, 1.54) is 0 Å². The van der Waals surface area contributed by atoms with Crippen molar-refractivity contribution in [3.8, 4) is 0 Å². The van der Waals surface area contributed by atoms with E-state index in [4.69, 9.17) is 10.6 Å². The second-order valence-corrected chi connectivity index (χ2v) is 3.59. The lowest BCUT2D eigenvalue weighted by Crippen LogP contribution is -2.36. The number of carbonyl (C=O) groups excluding carboxylic acids is 1. The molecule has 6 heteroatoms. The molecule has 94 valence electrons. The summed E-state index contributed by atoms with van der Waals surface area (Å²) in [5, 5.41) is 2.79. The third-order valence-corrected chi connectivity index (χ3v) is 2.08. The summed E-state index contributed by atoms with van der Waals surface area (Å²) >= 11 is 0. The first-order valence-corrected chi connectivity index (χ1v) is 5.49. The van der Waals surface area contributed by atoms with E-state index in [2.05, 4.69) is 15.7 Å². The van der Waals surface area contributed by atoms with Gasteiger partial charge in [-0.15, -0.1) is 0 Å². The highest BCUT2D eigenvalue weighted by Crippen LogP contribution is 2.03. The number of nitrogen functional groups attached to an aromatic ring is 1. The van der Waals surface area contributed by atoms with Gasteiger partial charge < -0.3 is 15.5 Å². The zero-order valence-electron chi connectivity index (χ0n) is 10.1. The number of nitrogens with one attached hydrogen (secondary N) is 2. The van der Waals surface area contributed by atoms with E-state index in [1.807, 2.05) is 13.8 Å². The number of aromatic nitrogens is 1. The van der Waals surface area contributed by atoms with E-state index in [-0.39, 0.29) is 11.9 Å². The number of anilines is 1. The third-order valence-electron chi connectivity index (χ3n) is 2.08. The smallest absolute Gasteiger partial charge is 0.270 e. The van der Waals surface area contributed by atoms with Crippen LogP contribution in [0.3, 0.4) is 0 Å². The standard InChI is InChI=1S/C11H18N4O2/c1-3-17-7-8(2)13-11(16)9-5-4-6-10(14-9)15-12/h4-6,8H,3,7,12H2,1-2H3,(H,13,16)(H,14,15). The predicted molar refractivity (Wildman–Crippen MR) is 65.5 cm³/mol. The molecule has 0 aliphatic carbocycles. The van der Waals surface area contributed by atoms with Crippen LogP contribution in [0.2, 0.25) is 0 Å². The Bertz CT molecular complexity index is 370. The van der Waals surface area contributed by atoms with Gasteiger partial charge in [-0.25, -0.2) is 10.8 Å². The first-order chi connectivity index (χ1) is 8.17. The monoisotopic (exact) mass is 238 g/mol. The average Bonchev–Trinajstić information content (AvgIpc) is 2.36. The first-order valence-electron chi connectivity index (χ1n) is 5.49. The molecule has 0 saturated carbocycles. The van der Waals surface area contributed by atoms with Crippen LogP contribution in [-0.2, 0) is 4.74 Å². The number of ether oxygens (including phenoxy) is 1. The molecule has 0 spiro atoms. The lowest BCUT2D eigenvalue weighted by molar-refractivity contribution is 0.0867. The van der Waals surface area contributed by atoms with E-state index in [9.17, 15) is 4.79 Å². The van der Waals surface area contributed by atoms with Crippen molar-refractivity contribution in [2.45, 2.75) is 19.9 Å². The number of nitrogens with two attached hydrogens (primary N) is 1. The van der Waals surface area contributed by atoms with Gasteiger partial charge in [-0.3, -0.25) is 4.79 Å². The number of hydrogen-bond donors (Lipinski definition) is 3. The fraction of sp³-hybridized carbons (Fsp3) is 0.455. The predicted octanol–water partition coefficient (Wildman–Crippen LogP) is 0.522. The summed E-state index contributed by atoms with van der Waals surface area (Å²) in [6, 6.07) is 4.97. The average molecular weight is 238 g/mol. The Balaban J connectivity index is 2.56. The lowest BCUT2D eigenvalue weighted by Gasteiger charge is -2.13. The molecular formula is C11H18N4O2. The molecule has 0 radical (unpaired) electrons. The van der Waals surface area contributed by atoms with Crippen molar-refractivity contribution in [1.82, 2.24) is 10.3 Å². The summed E-state index contributed by atoms with van der Waals surface area (Å²) < 4.78 is 5.21. The molecule has 0 bridgehead atoms. The summed E-state index contributed by atoms with van der Waals surface area (Å²) in [6.45, 7) is 4.90. The number of pyridine rings is 1. The minimum absolute atomic E-state index is 0.0567. The Morgan fingerprint density at radius 1 is 1.59 bits per heavy atom. The molecule has 1 aromatic heterocycles. The van der Waals surface area contributed by atoms with Gasteiger partial charge in [-0.2, -0.15) is 0 Å². The van der Waals surface area contributed by atoms with Gasteiger partial charge in [0.15, 0.2) is 0 Å². The zero-order chi connectivity index (χ0) is 12.7. The molecule has 0 saturated heterocycles. The van der Waals surface area contributed by atoms with Crippen LogP contribution in [0.25, 0.3) is 0 Å². The molecule has 1 rings (SSSR count). The van der Waals surface area contributed by atoms with Crippen LogP contribution in [0.4, 0.5) is 5.82 Å². The molecule has 6 nitrogen and oxygen atoms in total. The van der Waals surface area contributed by atoms with Crippen LogP contribution >= 0.6 is 0 Å².